The van der Waals surface area contributed by atoms with E-state index in [2.05, 4.69) is 0 Å². The quantitative estimate of drug-likeness (QED) is 0.529. The summed E-state index contributed by atoms with van der Waals surface area (Å²) < 4.78 is 0. The van der Waals surface area contributed by atoms with Gasteiger partial charge in [0.05, 0.1) is 23.3 Å². The van der Waals surface area contributed by atoms with Crippen LogP contribution in [0, 0.1) is 0 Å². The molecule has 0 bridgehead atoms. The van der Waals surface area contributed by atoms with Crippen LogP contribution in [0.25, 0.3) is 0 Å². The van der Waals surface area contributed by atoms with Gasteiger partial charge >= 0.3 is 11.9 Å². The van der Waals surface area contributed by atoms with Crippen LogP contribution in [0.4, 0.5) is 0 Å². The minimum Gasteiger partial charge on any atom is -0.478 e. The van der Waals surface area contributed by atoms with Gasteiger partial charge in [0.15, 0.2) is 0 Å². The van der Waals surface area contributed by atoms with Gasteiger partial charge < -0.3 is 20.4 Å². The normalized spacial score (nSPS) is 13.6. The first-order valence-electron chi connectivity index (χ1n) is 6.48. The number of rotatable bonds is 8. The average Bonchev–Trinajstić information content (AvgIpc) is 2.41. The van der Waals surface area contributed by atoms with Crippen LogP contribution >= 0.6 is 23.5 Å². The average molecular weight is 346 g/mol. The van der Waals surface area contributed by atoms with Crippen LogP contribution in [-0.2, 0) is 0 Å². The molecule has 6 nitrogen and oxygen atoms in total. The van der Waals surface area contributed by atoms with Gasteiger partial charge in [0.2, 0.25) is 0 Å². The highest BCUT2D eigenvalue weighted by atomic mass is 32.2. The summed E-state index contributed by atoms with van der Waals surface area (Å²) in [7, 11) is 0. The van der Waals surface area contributed by atoms with Gasteiger partial charge in [-0.2, -0.15) is 0 Å². The molecule has 8 heteroatoms. The Morgan fingerprint density at radius 1 is 0.909 bits per heavy atom. The molecule has 0 saturated carbocycles. The molecule has 0 spiro atoms. The first-order chi connectivity index (χ1) is 10.2. The summed E-state index contributed by atoms with van der Waals surface area (Å²) in [5.41, 5.74) is -0.0208. The number of benzene rings is 1. The zero-order valence-electron chi connectivity index (χ0n) is 12.1. The molecule has 0 saturated heterocycles. The molecule has 1 aromatic carbocycles. The Kier molecular flexibility index (Phi) is 7.21. The van der Waals surface area contributed by atoms with E-state index in [4.69, 9.17) is 0 Å². The maximum atomic E-state index is 11.4. The van der Waals surface area contributed by atoms with Crippen molar-refractivity contribution in [2.24, 2.45) is 0 Å². The molecule has 0 aromatic heterocycles. The second kappa shape index (κ2) is 8.42. The lowest BCUT2D eigenvalue weighted by molar-refractivity contribution is 0.0675. The molecule has 0 amide bonds. The van der Waals surface area contributed by atoms with E-state index in [-0.39, 0.29) is 22.6 Å². The van der Waals surface area contributed by atoms with Crippen molar-refractivity contribution in [1.82, 2.24) is 0 Å². The van der Waals surface area contributed by atoms with E-state index in [1.165, 1.54) is 12.1 Å². The molecule has 0 aliphatic heterocycles. The Balaban J connectivity index is 3.24. The third kappa shape index (κ3) is 5.53. The fourth-order valence-corrected chi connectivity index (χ4v) is 3.40. The Labute approximate surface area is 136 Å². The molecular formula is C14H18O6S2. The number of hydrogen-bond donors (Lipinski definition) is 4. The van der Waals surface area contributed by atoms with Crippen LogP contribution in [0.2, 0.25) is 0 Å². The molecule has 122 valence electrons. The predicted molar refractivity (Wildman–Crippen MR) is 85.2 cm³/mol. The van der Waals surface area contributed by atoms with Crippen LogP contribution < -0.4 is 0 Å². The van der Waals surface area contributed by atoms with Crippen molar-refractivity contribution in [3.8, 4) is 0 Å². The number of thioether (sulfide) groups is 2. The molecule has 0 radical (unpaired) electrons. The molecule has 1 rings (SSSR count). The molecule has 22 heavy (non-hydrogen) atoms. The van der Waals surface area contributed by atoms with Crippen molar-refractivity contribution in [1.29, 1.82) is 0 Å². The minimum absolute atomic E-state index is 0.0104. The van der Waals surface area contributed by atoms with E-state index in [0.29, 0.717) is 9.79 Å². The van der Waals surface area contributed by atoms with E-state index in [1.54, 1.807) is 13.8 Å². The lowest BCUT2D eigenvalue weighted by Gasteiger charge is -2.13. The first kappa shape index (κ1) is 18.8. The van der Waals surface area contributed by atoms with Crippen molar-refractivity contribution >= 4 is 35.5 Å². The van der Waals surface area contributed by atoms with Crippen molar-refractivity contribution in [3.63, 3.8) is 0 Å². The highest BCUT2D eigenvalue weighted by Crippen LogP contribution is 2.32. The highest BCUT2D eigenvalue weighted by Gasteiger charge is 2.20. The zero-order valence-corrected chi connectivity index (χ0v) is 13.8. The molecular weight excluding hydrogens is 328 g/mol. The Morgan fingerprint density at radius 2 is 1.23 bits per heavy atom. The van der Waals surface area contributed by atoms with Crippen molar-refractivity contribution in [3.05, 3.63) is 23.3 Å². The lowest BCUT2D eigenvalue weighted by Crippen LogP contribution is -2.09. The van der Waals surface area contributed by atoms with E-state index >= 15 is 0 Å². The Hall–Kier alpha value is -1.22. The number of carboxylic acid groups (broad SMARTS) is 2. The Bertz CT molecular complexity index is 507. The lowest BCUT2D eigenvalue weighted by atomic mass is 10.1. The van der Waals surface area contributed by atoms with Crippen LogP contribution in [0.3, 0.4) is 0 Å². The fourth-order valence-electron chi connectivity index (χ4n) is 1.55. The summed E-state index contributed by atoms with van der Waals surface area (Å²) >= 11 is 2.19. The van der Waals surface area contributed by atoms with Gasteiger partial charge in [0.25, 0.3) is 0 Å². The second-order valence-electron chi connectivity index (χ2n) is 4.77. The van der Waals surface area contributed by atoms with Gasteiger partial charge in [-0.3, -0.25) is 0 Å². The summed E-state index contributed by atoms with van der Waals surface area (Å²) in [6, 6.07) is 2.62. The van der Waals surface area contributed by atoms with Crippen LogP contribution in [0.15, 0.2) is 21.9 Å². The molecule has 2 unspecified atom stereocenters. The van der Waals surface area contributed by atoms with Gasteiger partial charge in [-0.05, 0) is 26.0 Å². The van der Waals surface area contributed by atoms with E-state index in [1.807, 2.05) is 0 Å². The Morgan fingerprint density at radius 3 is 1.45 bits per heavy atom. The number of carboxylic acids is 2. The smallest absolute Gasteiger partial charge is 0.336 e. The van der Waals surface area contributed by atoms with Gasteiger partial charge in [-0.15, -0.1) is 23.5 Å². The summed E-state index contributed by atoms with van der Waals surface area (Å²) in [4.78, 5) is 23.3. The van der Waals surface area contributed by atoms with Gasteiger partial charge in [0, 0.05) is 21.3 Å². The molecule has 2 atom stereocenters. The van der Waals surface area contributed by atoms with Gasteiger partial charge in [-0.25, -0.2) is 9.59 Å². The van der Waals surface area contributed by atoms with Crippen molar-refractivity contribution < 1.29 is 30.0 Å². The third-order valence-electron chi connectivity index (χ3n) is 2.50. The minimum atomic E-state index is -1.16. The largest absolute Gasteiger partial charge is 0.478 e. The topological polar surface area (TPSA) is 115 Å². The molecule has 0 heterocycles. The van der Waals surface area contributed by atoms with Gasteiger partial charge in [0.1, 0.15) is 0 Å². The fraction of sp³-hybridized carbons (Fsp3) is 0.429. The number of carbonyl (C=O) groups is 2. The SMILES string of the molecule is CC(O)CSc1cc(C(=O)O)c(SCC(C)O)cc1C(=O)O. The second-order valence-corrected chi connectivity index (χ2v) is 6.90. The molecule has 0 fully saturated rings. The summed E-state index contributed by atoms with van der Waals surface area (Å²) in [5.74, 6) is -1.80. The summed E-state index contributed by atoms with van der Waals surface area (Å²) in [5, 5.41) is 37.2. The molecule has 1 aromatic rings. The van der Waals surface area contributed by atoms with E-state index < -0.39 is 24.1 Å². The van der Waals surface area contributed by atoms with E-state index in [0.717, 1.165) is 23.5 Å². The first-order valence-corrected chi connectivity index (χ1v) is 8.45. The molecule has 4 N–H and O–H groups in total. The van der Waals surface area contributed by atoms with Crippen molar-refractivity contribution in [2.75, 3.05) is 11.5 Å². The van der Waals surface area contributed by atoms with Crippen LogP contribution in [-0.4, -0.2) is 56.1 Å². The monoisotopic (exact) mass is 346 g/mol. The van der Waals surface area contributed by atoms with Gasteiger partial charge in [-0.1, -0.05) is 0 Å². The molecule has 0 aliphatic carbocycles. The number of aliphatic hydroxyl groups is 2. The zero-order chi connectivity index (χ0) is 16.9. The maximum absolute atomic E-state index is 11.4. The standard InChI is InChI=1S/C14H18O6S2/c1-7(15)5-21-11-3-10(14(19)20)12(22-6-8(2)16)4-9(11)13(17)18/h3-4,7-8,15-16H,5-6H2,1-2H3,(H,17,18)(H,19,20). The highest BCUT2D eigenvalue weighted by molar-refractivity contribution is 7.99. The van der Waals surface area contributed by atoms with Crippen molar-refractivity contribution in [2.45, 2.75) is 35.8 Å². The summed E-state index contributed by atoms with van der Waals surface area (Å²) in [6.45, 7) is 3.14. The van der Waals surface area contributed by atoms with Crippen LogP contribution in [0.5, 0.6) is 0 Å². The predicted octanol–water partition coefficient (Wildman–Crippen LogP) is 2.03. The number of aromatic carboxylic acids is 2. The molecule has 0 aliphatic rings. The third-order valence-corrected chi connectivity index (χ3v) is 5.10. The number of hydrogen-bond acceptors (Lipinski definition) is 6. The van der Waals surface area contributed by atoms with E-state index in [9.17, 15) is 30.0 Å². The summed E-state index contributed by atoms with van der Waals surface area (Å²) in [6.07, 6.45) is -1.27. The van der Waals surface area contributed by atoms with Crippen LogP contribution in [0.1, 0.15) is 34.6 Å². The maximum Gasteiger partial charge on any atom is 0.336 e. The number of aliphatic hydroxyl groups excluding tert-OH is 2.